The molecule has 2 aromatic carbocycles. The van der Waals surface area contributed by atoms with Crippen LogP contribution in [0.3, 0.4) is 0 Å². The summed E-state index contributed by atoms with van der Waals surface area (Å²) in [6.45, 7) is 0.252. The summed E-state index contributed by atoms with van der Waals surface area (Å²) in [5.74, 6) is -3.51. The number of aromatic nitrogens is 5. The number of halogens is 3. The van der Waals surface area contributed by atoms with Gasteiger partial charge in [-0.1, -0.05) is 18.2 Å². The average Bonchev–Trinajstić information content (AvgIpc) is 3.54. The second kappa shape index (κ2) is 8.43. The molecule has 3 aromatic heterocycles. The maximum Gasteiger partial charge on any atom is 0.337 e. The fourth-order valence-corrected chi connectivity index (χ4v) is 4.77. The highest BCUT2D eigenvalue weighted by Crippen LogP contribution is 2.25. The van der Waals surface area contributed by atoms with Crippen LogP contribution in [0, 0.1) is 17.5 Å². The van der Waals surface area contributed by atoms with Gasteiger partial charge in [-0.25, -0.2) is 27.5 Å². The Bertz CT molecular complexity index is 1840. The Morgan fingerprint density at radius 2 is 1.81 bits per heavy atom. The Morgan fingerprint density at radius 3 is 2.62 bits per heavy atom. The first-order valence-corrected chi connectivity index (χ1v) is 11.3. The van der Waals surface area contributed by atoms with Crippen LogP contribution in [0.25, 0.3) is 27.6 Å². The van der Waals surface area contributed by atoms with Crippen molar-refractivity contribution in [2.75, 3.05) is 13.1 Å². The van der Waals surface area contributed by atoms with Gasteiger partial charge >= 0.3 is 5.69 Å². The monoisotopic (exact) mass is 506 g/mol. The number of hydrogen-bond acceptors (Lipinski definition) is 5. The van der Waals surface area contributed by atoms with Gasteiger partial charge in [0.25, 0.3) is 11.5 Å². The molecule has 1 N–H and O–H groups in total. The lowest BCUT2D eigenvalue weighted by molar-refractivity contribution is 0.0783. The quantitative estimate of drug-likeness (QED) is 0.405. The maximum absolute atomic E-state index is 14.1. The van der Waals surface area contributed by atoms with Crippen molar-refractivity contribution < 1.29 is 18.0 Å². The molecule has 1 amide bonds. The van der Waals surface area contributed by atoms with Gasteiger partial charge in [-0.3, -0.25) is 19.3 Å². The van der Waals surface area contributed by atoms with E-state index < -0.39 is 34.7 Å². The summed E-state index contributed by atoms with van der Waals surface area (Å²) in [6.07, 6.45) is 1.08. The van der Waals surface area contributed by atoms with Crippen molar-refractivity contribution in [2.24, 2.45) is 0 Å². The topological polar surface area (TPSA) is 106 Å². The Morgan fingerprint density at radius 1 is 1.00 bits per heavy atom. The van der Waals surface area contributed by atoms with Crippen molar-refractivity contribution in [3.05, 3.63) is 98.7 Å². The average molecular weight is 506 g/mol. The lowest BCUT2D eigenvalue weighted by Gasteiger charge is -2.19. The van der Waals surface area contributed by atoms with Crippen molar-refractivity contribution in [1.29, 1.82) is 0 Å². The largest absolute Gasteiger partial charge is 0.337 e. The first-order valence-electron chi connectivity index (χ1n) is 11.3. The highest BCUT2D eigenvalue weighted by molar-refractivity contribution is 6.04. The zero-order valence-corrected chi connectivity index (χ0v) is 19.0. The van der Waals surface area contributed by atoms with Crippen LogP contribution in [0.15, 0.2) is 64.3 Å². The molecule has 1 aliphatic heterocycles. The highest BCUT2D eigenvalue weighted by Gasteiger charge is 2.33. The molecule has 0 aliphatic carbocycles. The zero-order chi connectivity index (χ0) is 25.8. The fourth-order valence-electron chi connectivity index (χ4n) is 4.77. The third-order valence-corrected chi connectivity index (χ3v) is 6.54. The summed E-state index contributed by atoms with van der Waals surface area (Å²) in [4.78, 5) is 45.6. The van der Waals surface area contributed by atoms with Gasteiger partial charge in [0.05, 0.1) is 28.8 Å². The van der Waals surface area contributed by atoms with E-state index in [2.05, 4.69) is 15.2 Å². The van der Waals surface area contributed by atoms with Crippen LogP contribution >= 0.6 is 0 Å². The van der Waals surface area contributed by atoms with Gasteiger partial charge in [0.1, 0.15) is 5.82 Å². The molecule has 0 radical (unpaired) electrons. The number of para-hydroxylation sites is 1. The summed E-state index contributed by atoms with van der Waals surface area (Å²) in [6, 6.07) is 10.1. The van der Waals surface area contributed by atoms with E-state index in [-0.39, 0.29) is 47.8 Å². The van der Waals surface area contributed by atoms with Crippen LogP contribution in [-0.4, -0.2) is 48.2 Å². The molecule has 1 atom stereocenters. The lowest BCUT2D eigenvalue weighted by atomic mass is 10.2. The van der Waals surface area contributed by atoms with E-state index in [0.717, 1.165) is 39.6 Å². The van der Waals surface area contributed by atoms with Crippen molar-refractivity contribution in [2.45, 2.75) is 12.5 Å². The first-order chi connectivity index (χ1) is 17.8. The van der Waals surface area contributed by atoms with E-state index in [4.69, 9.17) is 0 Å². The Labute approximate surface area is 205 Å². The number of aromatic amines is 1. The van der Waals surface area contributed by atoms with E-state index in [1.54, 1.807) is 18.2 Å². The standard InChI is InChI=1S/C25H17F3N6O3/c26-13-9-17-22(29-11-13)33(14-5-6-18(27)19(28)10-14)25(37)34(23(17)35)15-7-8-32(12-15)24(36)21-16-3-1-2-4-20(16)30-31-21/h1-6,9-11,15H,7-8,12H2,(H,30,31)/t15-/m1/s1. The minimum absolute atomic E-state index is 0.0151. The number of hydrogen-bond donors (Lipinski definition) is 1. The summed E-state index contributed by atoms with van der Waals surface area (Å²) in [7, 11) is 0. The van der Waals surface area contributed by atoms with Crippen LogP contribution in [0.1, 0.15) is 23.0 Å². The molecule has 5 aromatic rings. The highest BCUT2D eigenvalue weighted by atomic mass is 19.2. The number of H-pyrrole nitrogens is 1. The molecule has 186 valence electrons. The minimum Gasteiger partial charge on any atom is -0.335 e. The summed E-state index contributed by atoms with van der Waals surface area (Å²) in [5.41, 5.74) is -1.05. The molecule has 1 saturated heterocycles. The molecule has 37 heavy (non-hydrogen) atoms. The molecule has 0 spiro atoms. The molecule has 0 saturated carbocycles. The molecular weight excluding hydrogens is 489 g/mol. The van der Waals surface area contributed by atoms with Gasteiger partial charge in [-0.2, -0.15) is 5.10 Å². The molecule has 12 heteroatoms. The van der Waals surface area contributed by atoms with Crippen LogP contribution < -0.4 is 11.2 Å². The fraction of sp³-hybridized carbons (Fsp3) is 0.160. The smallest absolute Gasteiger partial charge is 0.335 e. The molecule has 4 heterocycles. The molecule has 0 bridgehead atoms. The molecule has 9 nitrogen and oxygen atoms in total. The van der Waals surface area contributed by atoms with Gasteiger partial charge in [-0.15, -0.1) is 0 Å². The SMILES string of the molecule is O=C(c1n[nH]c2ccccc12)N1CC[C@@H](n2c(=O)c3cc(F)cnc3n(-c3ccc(F)c(F)c3)c2=O)C1. The van der Waals surface area contributed by atoms with Crippen molar-refractivity contribution in [3.8, 4) is 5.69 Å². The van der Waals surface area contributed by atoms with Crippen LogP contribution in [0.5, 0.6) is 0 Å². The van der Waals surface area contributed by atoms with Crippen molar-refractivity contribution in [1.82, 2.24) is 29.2 Å². The summed E-state index contributed by atoms with van der Waals surface area (Å²) >= 11 is 0. The van der Waals surface area contributed by atoms with E-state index in [0.29, 0.717) is 10.9 Å². The van der Waals surface area contributed by atoms with Crippen LogP contribution in [-0.2, 0) is 0 Å². The number of amides is 1. The maximum atomic E-state index is 14.1. The number of carbonyl (C=O) groups is 1. The molecule has 1 aliphatic rings. The molecular formula is C25H17F3N6O3. The Balaban J connectivity index is 1.45. The molecule has 6 rings (SSSR count). The number of pyridine rings is 1. The predicted octanol–water partition coefficient (Wildman–Crippen LogP) is 2.93. The normalized spacial score (nSPS) is 15.6. The zero-order valence-electron chi connectivity index (χ0n) is 19.0. The van der Waals surface area contributed by atoms with Crippen LogP contribution in [0.2, 0.25) is 0 Å². The predicted molar refractivity (Wildman–Crippen MR) is 127 cm³/mol. The van der Waals surface area contributed by atoms with Gasteiger partial charge in [0.2, 0.25) is 0 Å². The number of carbonyl (C=O) groups excluding carboxylic acids is 1. The second-order valence-corrected chi connectivity index (χ2v) is 8.73. The first kappa shape index (κ1) is 22.7. The lowest BCUT2D eigenvalue weighted by Crippen LogP contribution is -2.43. The number of likely N-dealkylation sites (tertiary alicyclic amines) is 1. The van der Waals surface area contributed by atoms with Gasteiger partial charge in [0.15, 0.2) is 23.0 Å². The molecule has 1 fully saturated rings. The van der Waals surface area contributed by atoms with E-state index in [1.165, 1.54) is 4.90 Å². The van der Waals surface area contributed by atoms with Crippen LogP contribution in [0.4, 0.5) is 13.2 Å². The number of rotatable bonds is 3. The van der Waals surface area contributed by atoms with Gasteiger partial charge in [-0.05, 0) is 30.7 Å². The van der Waals surface area contributed by atoms with Crippen molar-refractivity contribution >= 4 is 27.8 Å². The minimum atomic E-state index is -1.21. The van der Waals surface area contributed by atoms with Gasteiger partial charge < -0.3 is 4.90 Å². The van der Waals surface area contributed by atoms with Gasteiger partial charge in [0, 0.05) is 24.5 Å². The second-order valence-electron chi connectivity index (χ2n) is 8.73. The van der Waals surface area contributed by atoms with E-state index >= 15 is 0 Å². The van der Waals surface area contributed by atoms with E-state index in [1.807, 2.05) is 6.07 Å². The van der Waals surface area contributed by atoms with E-state index in [9.17, 15) is 27.6 Å². The summed E-state index contributed by atoms with van der Waals surface area (Å²) in [5, 5.41) is 7.36. The summed E-state index contributed by atoms with van der Waals surface area (Å²) < 4.78 is 43.5. The number of fused-ring (bicyclic) bond motifs is 2. The Kier molecular flexibility index (Phi) is 5.18. The third kappa shape index (κ3) is 3.60. The number of nitrogens with one attached hydrogen (secondary N) is 1. The Hall–Kier alpha value is -4.74. The third-order valence-electron chi connectivity index (χ3n) is 6.54. The molecule has 0 unspecified atom stereocenters. The van der Waals surface area contributed by atoms with Crippen molar-refractivity contribution in [3.63, 3.8) is 0 Å². The number of nitrogens with zero attached hydrogens (tertiary/aromatic N) is 5. The number of benzene rings is 2.